The molecule has 27 heavy (non-hydrogen) atoms. The number of nitrogens with zero attached hydrogens (tertiary/aromatic N) is 4. The quantitative estimate of drug-likeness (QED) is 0.661. The molecule has 0 spiro atoms. The number of hydrogen-bond acceptors (Lipinski definition) is 5. The van der Waals surface area contributed by atoms with E-state index in [-0.39, 0.29) is 30.8 Å². The molecule has 1 aromatic carbocycles. The summed E-state index contributed by atoms with van der Waals surface area (Å²) < 4.78 is 21.5. The van der Waals surface area contributed by atoms with Crippen molar-refractivity contribution in [2.75, 3.05) is 23.4 Å². The lowest BCUT2D eigenvalue weighted by Gasteiger charge is -2.27. The molecule has 1 N–H and O–H groups in total. The number of halogens is 1. The molecule has 5 rings (SSSR count). The van der Waals surface area contributed by atoms with E-state index in [0.29, 0.717) is 17.1 Å². The lowest BCUT2D eigenvalue weighted by atomic mass is 10.0. The van der Waals surface area contributed by atoms with Crippen molar-refractivity contribution in [1.29, 1.82) is 0 Å². The smallest absolute Gasteiger partial charge is 0.227 e. The van der Waals surface area contributed by atoms with E-state index in [1.54, 1.807) is 16.8 Å². The minimum atomic E-state index is -0.298. The number of hydrogen-bond donors (Lipinski definition) is 1. The minimum Gasteiger partial charge on any atom is -0.493 e. The Morgan fingerprint density at radius 1 is 1.30 bits per heavy atom. The first-order valence-electron chi connectivity index (χ1n) is 9.02. The Balaban J connectivity index is 1.67. The first-order valence-corrected chi connectivity index (χ1v) is 9.02. The van der Waals surface area contributed by atoms with Crippen molar-refractivity contribution in [3.63, 3.8) is 0 Å². The fraction of sp³-hybridized carbons (Fsp3) is 0.316. The second-order valence-corrected chi connectivity index (χ2v) is 6.79. The Kier molecular flexibility index (Phi) is 3.70. The molecule has 1 unspecified atom stereocenters. The van der Waals surface area contributed by atoms with Gasteiger partial charge in [0.1, 0.15) is 23.1 Å². The van der Waals surface area contributed by atoms with Crippen LogP contribution in [0.1, 0.15) is 30.9 Å². The second kappa shape index (κ2) is 6.22. The number of ether oxygens (including phenoxy) is 1. The van der Waals surface area contributed by atoms with Crippen molar-refractivity contribution in [1.82, 2.24) is 14.6 Å². The summed E-state index contributed by atoms with van der Waals surface area (Å²) in [5.41, 5.74) is 1.95. The highest BCUT2D eigenvalue weighted by atomic mass is 19.1. The largest absolute Gasteiger partial charge is 0.493 e. The molecule has 1 fully saturated rings. The molecule has 0 radical (unpaired) electrons. The predicted molar refractivity (Wildman–Crippen MR) is 97.4 cm³/mol. The lowest BCUT2D eigenvalue weighted by molar-refractivity contribution is -0.116. The Morgan fingerprint density at radius 3 is 3.15 bits per heavy atom. The molecule has 0 saturated carbocycles. The van der Waals surface area contributed by atoms with Gasteiger partial charge in [-0.2, -0.15) is 5.10 Å². The van der Waals surface area contributed by atoms with Crippen LogP contribution in [0.25, 0.3) is 5.65 Å². The first-order chi connectivity index (χ1) is 13.2. The SMILES string of the molecule is O=C1CCOc2ccc(F)cc2C2CCCN2c2ccn3ncc(c3n2)N1. The Hall–Kier alpha value is -3.16. The molecule has 2 aliphatic rings. The highest BCUT2D eigenvalue weighted by Gasteiger charge is 2.30. The molecule has 1 saturated heterocycles. The van der Waals surface area contributed by atoms with Crippen molar-refractivity contribution in [3.05, 3.63) is 48.0 Å². The second-order valence-electron chi connectivity index (χ2n) is 6.79. The number of carbonyl (C=O) groups excluding carboxylic acids is 1. The van der Waals surface area contributed by atoms with Gasteiger partial charge in [0, 0.05) is 18.3 Å². The molecule has 1 atom stereocenters. The van der Waals surface area contributed by atoms with Crippen LogP contribution < -0.4 is 15.0 Å². The fourth-order valence-electron chi connectivity index (χ4n) is 3.85. The molecule has 2 bridgehead atoms. The van der Waals surface area contributed by atoms with Gasteiger partial charge in [0.2, 0.25) is 5.91 Å². The van der Waals surface area contributed by atoms with E-state index in [1.165, 1.54) is 12.1 Å². The van der Waals surface area contributed by atoms with Crippen LogP contribution in [-0.2, 0) is 4.79 Å². The van der Waals surface area contributed by atoms with Gasteiger partial charge in [0.15, 0.2) is 5.65 Å². The monoisotopic (exact) mass is 367 g/mol. The van der Waals surface area contributed by atoms with Crippen LogP contribution >= 0.6 is 0 Å². The third kappa shape index (κ3) is 2.77. The Bertz CT molecular complexity index is 1030. The van der Waals surface area contributed by atoms with Gasteiger partial charge in [-0.3, -0.25) is 4.79 Å². The first kappa shape index (κ1) is 16.0. The number of anilines is 2. The highest BCUT2D eigenvalue weighted by molar-refractivity contribution is 5.94. The predicted octanol–water partition coefficient (Wildman–Crippen LogP) is 2.93. The standard InChI is InChI=1S/C19H18FN5O2/c20-12-3-4-16-13(10-12)15-2-1-7-24(15)17-5-8-25-19(23-17)14(11-21-25)22-18(26)6-9-27-16/h3-5,8,10-11,15H,1-2,6-7,9H2,(H,22,26). The van der Waals surface area contributed by atoms with E-state index < -0.39 is 0 Å². The van der Waals surface area contributed by atoms with Crippen molar-refractivity contribution in [3.8, 4) is 5.75 Å². The number of carbonyl (C=O) groups is 1. The van der Waals surface area contributed by atoms with Crippen LogP contribution in [0.5, 0.6) is 5.75 Å². The molecule has 4 heterocycles. The molecule has 2 aromatic heterocycles. The summed E-state index contributed by atoms with van der Waals surface area (Å²) in [6, 6.07) is 6.42. The highest BCUT2D eigenvalue weighted by Crippen LogP contribution is 2.40. The van der Waals surface area contributed by atoms with Gasteiger partial charge in [-0.15, -0.1) is 0 Å². The van der Waals surface area contributed by atoms with Crippen molar-refractivity contribution in [2.45, 2.75) is 25.3 Å². The van der Waals surface area contributed by atoms with Crippen LogP contribution in [0.3, 0.4) is 0 Å². The van der Waals surface area contributed by atoms with Crippen LogP contribution in [0.2, 0.25) is 0 Å². The van der Waals surface area contributed by atoms with Crippen molar-refractivity contribution >= 4 is 23.1 Å². The Morgan fingerprint density at radius 2 is 2.22 bits per heavy atom. The summed E-state index contributed by atoms with van der Waals surface area (Å²) in [6.07, 6.45) is 5.47. The number of nitrogens with one attached hydrogen (secondary N) is 1. The average molecular weight is 367 g/mol. The molecule has 3 aromatic rings. The fourth-order valence-corrected chi connectivity index (χ4v) is 3.85. The van der Waals surface area contributed by atoms with Gasteiger partial charge in [0.05, 0.1) is 25.3 Å². The summed E-state index contributed by atoms with van der Waals surface area (Å²) in [4.78, 5) is 19.1. The summed E-state index contributed by atoms with van der Waals surface area (Å²) in [7, 11) is 0. The molecule has 0 aliphatic carbocycles. The van der Waals surface area contributed by atoms with Crippen LogP contribution in [-0.4, -0.2) is 33.7 Å². The van der Waals surface area contributed by atoms with Crippen molar-refractivity contribution in [2.24, 2.45) is 0 Å². The lowest BCUT2D eigenvalue weighted by Crippen LogP contribution is -2.24. The zero-order valence-electron chi connectivity index (χ0n) is 14.6. The van der Waals surface area contributed by atoms with Crippen LogP contribution in [0.15, 0.2) is 36.7 Å². The average Bonchev–Trinajstić information content (AvgIpc) is 3.29. The van der Waals surface area contributed by atoms with Gasteiger partial charge in [-0.1, -0.05) is 0 Å². The minimum absolute atomic E-state index is 0.0264. The molecule has 1 amide bonds. The topological polar surface area (TPSA) is 71.8 Å². The van der Waals surface area contributed by atoms with E-state index >= 15 is 0 Å². The number of rotatable bonds is 0. The molecular formula is C19H18FN5O2. The van der Waals surface area contributed by atoms with Gasteiger partial charge in [0.25, 0.3) is 0 Å². The maximum Gasteiger partial charge on any atom is 0.227 e. The Labute approximate surface area is 154 Å². The summed E-state index contributed by atoms with van der Waals surface area (Å²) in [5.74, 6) is 0.910. The van der Waals surface area contributed by atoms with Gasteiger partial charge in [-0.05, 0) is 37.1 Å². The third-order valence-corrected chi connectivity index (χ3v) is 5.09. The van der Waals surface area contributed by atoms with E-state index in [2.05, 4.69) is 15.3 Å². The maximum atomic E-state index is 14.0. The number of aromatic nitrogens is 3. The van der Waals surface area contributed by atoms with E-state index in [0.717, 1.165) is 30.8 Å². The number of benzene rings is 1. The molecular weight excluding hydrogens is 349 g/mol. The van der Waals surface area contributed by atoms with Gasteiger partial charge in [-0.25, -0.2) is 13.9 Å². The summed E-state index contributed by atoms with van der Waals surface area (Å²) >= 11 is 0. The summed E-state index contributed by atoms with van der Waals surface area (Å²) in [5, 5.41) is 7.09. The zero-order chi connectivity index (χ0) is 18.4. The van der Waals surface area contributed by atoms with E-state index in [1.807, 2.05) is 12.3 Å². The normalized spacial score (nSPS) is 19.5. The molecule has 2 aliphatic heterocycles. The van der Waals surface area contributed by atoms with Crippen molar-refractivity contribution < 1.29 is 13.9 Å². The van der Waals surface area contributed by atoms with Gasteiger partial charge < -0.3 is 15.0 Å². The number of fused-ring (bicyclic) bond motifs is 5. The number of amides is 1. The van der Waals surface area contributed by atoms with Crippen LogP contribution in [0.4, 0.5) is 15.9 Å². The summed E-state index contributed by atoms with van der Waals surface area (Å²) in [6.45, 7) is 1.03. The van der Waals surface area contributed by atoms with E-state index in [4.69, 9.17) is 9.72 Å². The molecule has 138 valence electrons. The van der Waals surface area contributed by atoms with Crippen LogP contribution in [0, 0.1) is 5.82 Å². The van der Waals surface area contributed by atoms with Gasteiger partial charge >= 0.3 is 0 Å². The van der Waals surface area contributed by atoms with E-state index in [9.17, 15) is 9.18 Å². The molecule has 8 heteroatoms. The maximum absolute atomic E-state index is 14.0. The zero-order valence-corrected chi connectivity index (χ0v) is 14.6. The molecule has 7 nitrogen and oxygen atoms in total. The third-order valence-electron chi connectivity index (χ3n) is 5.09.